The number of hydrogen-bond donors (Lipinski definition) is 1. The Morgan fingerprint density at radius 1 is 1.44 bits per heavy atom. The molecule has 0 aromatic carbocycles. The van der Waals surface area contributed by atoms with Crippen molar-refractivity contribution in [3.63, 3.8) is 0 Å². The van der Waals surface area contributed by atoms with Crippen LogP contribution in [0.1, 0.15) is 56.4 Å². The molecule has 1 heterocycles. The van der Waals surface area contributed by atoms with Crippen LogP contribution in [0.4, 0.5) is 0 Å². The second-order valence-electron chi connectivity index (χ2n) is 4.75. The van der Waals surface area contributed by atoms with E-state index in [-0.39, 0.29) is 5.78 Å². The van der Waals surface area contributed by atoms with Gasteiger partial charge in [-0.1, -0.05) is 20.3 Å². The summed E-state index contributed by atoms with van der Waals surface area (Å²) in [5, 5.41) is 4.19. The molecule has 18 heavy (non-hydrogen) atoms. The summed E-state index contributed by atoms with van der Waals surface area (Å²) in [6.45, 7) is 5.77. The van der Waals surface area contributed by atoms with E-state index in [4.69, 9.17) is 5.73 Å². The molecule has 0 saturated carbocycles. The van der Waals surface area contributed by atoms with Crippen LogP contribution in [0, 0.1) is 5.92 Å². The fraction of sp³-hybridized carbons (Fsp3) is 0.714. The van der Waals surface area contributed by atoms with Gasteiger partial charge in [0.15, 0.2) is 5.78 Å². The number of nitrogens with zero attached hydrogens (tertiary/aromatic N) is 2. The van der Waals surface area contributed by atoms with E-state index in [1.165, 1.54) is 0 Å². The first-order chi connectivity index (χ1) is 8.72. The highest BCUT2D eigenvalue weighted by atomic mass is 16.1. The van der Waals surface area contributed by atoms with Crippen LogP contribution in [-0.4, -0.2) is 22.1 Å². The van der Waals surface area contributed by atoms with Crippen molar-refractivity contribution in [2.45, 2.75) is 52.5 Å². The Morgan fingerprint density at radius 2 is 2.22 bits per heavy atom. The first kappa shape index (κ1) is 14.9. The van der Waals surface area contributed by atoms with Crippen LogP contribution in [0.2, 0.25) is 0 Å². The first-order valence-electron chi connectivity index (χ1n) is 6.97. The van der Waals surface area contributed by atoms with Gasteiger partial charge in [0.2, 0.25) is 0 Å². The Labute approximate surface area is 110 Å². The summed E-state index contributed by atoms with van der Waals surface area (Å²) in [6.07, 6.45) is 6.35. The lowest BCUT2D eigenvalue weighted by Gasteiger charge is -2.13. The average molecular weight is 251 g/mol. The van der Waals surface area contributed by atoms with Crippen LogP contribution in [0.3, 0.4) is 0 Å². The average Bonchev–Trinajstić information content (AvgIpc) is 2.83. The molecule has 4 heteroatoms. The van der Waals surface area contributed by atoms with E-state index >= 15 is 0 Å². The van der Waals surface area contributed by atoms with Crippen molar-refractivity contribution in [2.24, 2.45) is 11.7 Å². The van der Waals surface area contributed by atoms with Crippen LogP contribution in [0.25, 0.3) is 0 Å². The van der Waals surface area contributed by atoms with Gasteiger partial charge in [-0.25, -0.2) is 0 Å². The van der Waals surface area contributed by atoms with Crippen molar-refractivity contribution >= 4 is 5.78 Å². The standard InChI is InChI=1S/C14H25N3O/c1-3-11-17-13(8-10-16-17)14(18)6-5-12(4-2)7-9-15/h8,10,12H,3-7,9,11,15H2,1-2H3. The third-order valence-corrected chi connectivity index (χ3v) is 3.37. The maximum atomic E-state index is 12.1. The number of carbonyl (C=O) groups is 1. The van der Waals surface area contributed by atoms with Gasteiger partial charge >= 0.3 is 0 Å². The second-order valence-corrected chi connectivity index (χ2v) is 4.75. The van der Waals surface area contributed by atoms with E-state index in [1.54, 1.807) is 6.20 Å². The SMILES string of the molecule is CCCn1nccc1C(=O)CCC(CC)CCN. The topological polar surface area (TPSA) is 60.9 Å². The summed E-state index contributed by atoms with van der Waals surface area (Å²) < 4.78 is 1.81. The molecule has 0 bridgehead atoms. The summed E-state index contributed by atoms with van der Waals surface area (Å²) in [4.78, 5) is 12.1. The number of rotatable bonds is 9. The van der Waals surface area contributed by atoms with Gasteiger partial charge in [-0.3, -0.25) is 9.48 Å². The van der Waals surface area contributed by atoms with Gasteiger partial charge in [-0.2, -0.15) is 5.10 Å². The number of Topliss-reactive ketones (excluding diaryl/α,β-unsaturated/α-hetero) is 1. The summed E-state index contributed by atoms with van der Waals surface area (Å²) in [5.74, 6) is 0.776. The van der Waals surface area contributed by atoms with Crippen molar-refractivity contribution in [1.29, 1.82) is 0 Å². The number of aryl methyl sites for hydroxylation is 1. The van der Waals surface area contributed by atoms with E-state index in [1.807, 2.05) is 10.7 Å². The van der Waals surface area contributed by atoms with Gasteiger partial charge in [0.05, 0.1) is 0 Å². The van der Waals surface area contributed by atoms with Crippen LogP contribution >= 0.6 is 0 Å². The zero-order chi connectivity index (χ0) is 13.4. The van der Waals surface area contributed by atoms with E-state index in [9.17, 15) is 4.79 Å². The molecule has 1 rings (SSSR count). The van der Waals surface area contributed by atoms with Crippen molar-refractivity contribution in [3.05, 3.63) is 18.0 Å². The minimum absolute atomic E-state index is 0.205. The molecular formula is C14H25N3O. The Hall–Kier alpha value is -1.16. The van der Waals surface area contributed by atoms with Crippen molar-refractivity contribution in [3.8, 4) is 0 Å². The molecule has 0 aliphatic rings. The summed E-state index contributed by atoms with van der Waals surface area (Å²) >= 11 is 0. The fourth-order valence-electron chi connectivity index (χ4n) is 2.21. The number of ketones is 1. The lowest BCUT2D eigenvalue weighted by Crippen LogP contribution is -2.13. The van der Waals surface area contributed by atoms with E-state index < -0.39 is 0 Å². The number of hydrogen-bond acceptors (Lipinski definition) is 3. The van der Waals surface area contributed by atoms with Gasteiger partial charge < -0.3 is 5.73 Å². The van der Waals surface area contributed by atoms with Gasteiger partial charge in [0, 0.05) is 19.2 Å². The smallest absolute Gasteiger partial charge is 0.180 e. The zero-order valence-electron chi connectivity index (χ0n) is 11.6. The minimum atomic E-state index is 0.205. The Morgan fingerprint density at radius 3 is 2.83 bits per heavy atom. The predicted octanol–water partition coefficient (Wildman–Crippen LogP) is 2.63. The first-order valence-corrected chi connectivity index (χ1v) is 6.97. The highest BCUT2D eigenvalue weighted by Gasteiger charge is 2.14. The van der Waals surface area contributed by atoms with Gasteiger partial charge in [0.1, 0.15) is 5.69 Å². The molecule has 2 N–H and O–H groups in total. The maximum Gasteiger partial charge on any atom is 0.180 e. The Bertz CT molecular complexity index is 360. The zero-order valence-corrected chi connectivity index (χ0v) is 11.6. The summed E-state index contributed by atoms with van der Waals surface area (Å²) in [7, 11) is 0. The van der Waals surface area contributed by atoms with E-state index in [0.29, 0.717) is 18.9 Å². The lowest BCUT2D eigenvalue weighted by molar-refractivity contribution is 0.0962. The number of aromatic nitrogens is 2. The monoisotopic (exact) mass is 251 g/mol. The molecule has 0 amide bonds. The summed E-state index contributed by atoms with van der Waals surface area (Å²) in [5.41, 5.74) is 6.32. The van der Waals surface area contributed by atoms with E-state index in [2.05, 4.69) is 18.9 Å². The van der Waals surface area contributed by atoms with Crippen molar-refractivity contribution in [1.82, 2.24) is 9.78 Å². The molecule has 0 spiro atoms. The Balaban J connectivity index is 2.51. The molecule has 1 aromatic heterocycles. The molecule has 1 unspecified atom stereocenters. The van der Waals surface area contributed by atoms with E-state index in [0.717, 1.165) is 37.9 Å². The molecule has 1 aromatic rings. The van der Waals surface area contributed by atoms with Crippen molar-refractivity contribution in [2.75, 3.05) is 6.54 Å². The van der Waals surface area contributed by atoms with Crippen LogP contribution in [0.5, 0.6) is 0 Å². The normalized spacial score (nSPS) is 12.6. The molecule has 4 nitrogen and oxygen atoms in total. The lowest BCUT2D eigenvalue weighted by atomic mass is 9.95. The van der Waals surface area contributed by atoms with Crippen molar-refractivity contribution < 1.29 is 4.79 Å². The molecule has 102 valence electrons. The van der Waals surface area contributed by atoms with Crippen LogP contribution in [-0.2, 0) is 6.54 Å². The number of nitrogens with two attached hydrogens (primary N) is 1. The molecule has 0 aliphatic heterocycles. The molecule has 0 aliphatic carbocycles. The molecule has 1 atom stereocenters. The molecule has 0 fully saturated rings. The number of carbonyl (C=O) groups excluding carboxylic acids is 1. The van der Waals surface area contributed by atoms with Crippen LogP contribution in [0.15, 0.2) is 12.3 Å². The van der Waals surface area contributed by atoms with Crippen LogP contribution < -0.4 is 5.73 Å². The Kier molecular flexibility index (Phi) is 6.65. The molecule has 0 saturated heterocycles. The van der Waals surface area contributed by atoms with Gasteiger partial charge in [0.25, 0.3) is 0 Å². The highest BCUT2D eigenvalue weighted by molar-refractivity contribution is 5.94. The second kappa shape index (κ2) is 8.03. The largest absolute Gasteiger partial charge is 0.330 e. The predicted molar refractivity (Wildman–Crippen MR) is 73.5 cm³/mol. The van der Waals surface area contributed by atoms with Gasteiger partial charge in [-0.05, 0) is 37.8 Å². The van der Waals surface area contributed by atoms with Gasteiger partial charge in [-0.15, -0.1) is 0 Å². The maximum absolute atomic E-state index is 12.1. The molecule has 0 radical (unpaired) electrons. The summed E-state index contributed by atoms with van der Waals surface area (Å²) in [6, 6.07) is 1.82. The molecular weight excluding hydrogens is 226 g/mol. The minimum Gasteiger partial charge on any atom is -0.330 e. The fourth-order valence-corrected chi connectivity index (χ4v) is 2.21. The third-order valence-electron chi connectivity index (χ3n) is 3.37. The highest BCUT2D eigenvalue weighted by Crippen LogP contribution is 2.16. The quantitative estimate of drug-likeness (QED) is 0.686. The third kappa shape index (κ3) is 4.26.